The second-order valence-corrected chi connectivity index (χ2v) is 11.1. The first-order valence-electron chi connectivity index (χ1n) is 12.1. The van der Waals surface area contributed by atoms with Gasteiger partial charge in [0.2, 0.25) is 5.91 Å². The molecule has 2 heterocycles. The van der Waals surface area contributed by atoms with E-state index in [0.29, 0.717) is 17.2 Å². The van der Waals surface area contributed by atoms with Gasteiger partial charge in [0.15, 0.2) is 10.9 Å². The number of aromatic nitrogens is 1. The van der Waals surface area contributed by atoms with Gasteiger partial charge in [0.1, 0.15) is 5.82 Å². The first-order chi connectivity index (χ1) is 17.1. The Kier molecular flexibility index (Phi) is 7.97. The average Bonchev–Trinajstić information content (AvgIpc) is 3.21. The van der Waals surface area contributed by atoms with Crippen LogP contribution in [0.3, 0.4) is 0 Å². The third kappa shape index (κ3) is 6.43. The standard InChI is InChI=1S/C28H32FN3O3S/c1-18-15-32(16-19(2)35-18)17-24-25(21-8-6-5-7-9-21)30-27(36-24)31-26(34)28(3,4)14-23(33)20-10-12-22(29)13-11-20/h5-13,18-19H,14-17H2,1-4H3,(H,30,31,34)/t18-,19+. The number of nitrogens with zero attached hydrogens (tertiary/aromatic N) is 2. The van der Waals surface area contributed by atoms with Crippen LogP contribution >= 0.6 is 11.3 Å². The largest absolute Gasteiger partial charge is 0.373 e. The van der Waals surface area contributed by atoms with Crippen molar-refractivity contribution in [2.45, 2.75) is 52.9 Å². The number of anilines is 1. The fourth-order valence-electron chi connectivity index (χ4n) is 4.44. The van der Waals surface area contributed by atoms with Crippen LogP contribution in [-0.4, -0.2) is 46.9 Å². The van der Waals surface area contributed by atoms with Crippen molar-refractivity contribution < 1.29 is 18.7 Å². The molecule has 0 saturated carbocycles. The van der Waals surface area contributed by atoms with Gasteiger partial charge in [-0.25, -0.2) is 9.37 Å². The summed E-state index contributed by atoms with van der Waals surface area (Å²) in [7, 11) is 0. The van der Waals surface area contributed by atoms with Crippen LogP contribution in [0.5, 0.6) is 0 Å². The van der Waals surface area contributed by atoms with E-state index < -0.39 is 11.2 Å². The molecular weight excluding hydrogens is 477 g/mol. The summed E-state index contributed by atoms with van der Waals surface area (Å²) in [6.07, 6.45) is 0.304. The van der Waals surface area contributed by atoms with E-state index in [0.717, 1.165) is 29.2 Å². The lowest BCUT2D eigenvalue weighted by molar-refractivity contribution is -0.123. The SMILES string of the molecule is C[C@@H]1CN(Cc2sc(NC(=O)C(C)(C)CC(=O)c3ccc(F)cc3)nc2-c2ccccc2)C[C@H](C)O1. The summed E-state index contributed by atoms with van der Waals surface area (Å²) in [5.41, 5.74) is 1.25. The van der Waals surface area contributed by atoms with E-state index in [-0.39, 0.29) is 30.3 Å². The highest BCUT2D eigenvalue weighted by atomic mass is 32.1. The number of benzene rings is 2. The summed E-state index contributed by atoms with van der Waals surface area (Å²) in [6.45, 7) is 9.98. The lowest BCUT2D eigenvalue weighted by atomic mass is 9.84. The molecule has 1 aromatic heterocycles. The van der Waals surface area contributed by atoms with Crippen LogP contribution in [-0.2, 0) is 16.1 Å². The number of ether oxygens (including phenoxy) is 1. The molecule has 0 bridgehead atoms. The molecule has 0 aliphatic carbocycles. The number of ketones is 1. The maximum atomic E-state index is 13.2. The van der Waals surface area contributed by atoms with Crippen LogP contribution in [0.2, 0.25) is 0 Å². The molecule has 36 heavy (non-hydrogen) atoms. The number of rotatable bonds is 8. The zero-order valence-electron chi connectivity index (χ0n) is 21.1. The molecule has 1 fully saturated rings. The molecule has 0 radical (unpaired) electrons. The molecule has 6 nitrogen and oxygen atoms in total. The molecule has 0 unspecified atom stereocenters. The normalized spacial score (nSPS) is 18.7. The molecule has 1 saturated heterocycles. The Morgan fingerprint density at radius 3 is 2.36 bits per heavy atom. The van der Waals surface area contributed by atoms with Gasteiger partial charge in [0, 0.05) is 42.1 Å². The first-order valence-corrected chi connectivity index (χ1v) is 13.0. The second kappa shape index (κ2) is 11.0. The molecule has 2 atom stereocenters. The number of carbonyl (C=O) groups is 2. The highest BCUT2D eigenvalue weighted by molar-refractivity contribution is 7.16. The quantitative estimate of drug-likeness (QED) is 0.389. The Bertz CT molecular complexity index is 1200. The molecule has 1 aliphatic heterocycles. The Hall–Kier alpha value is -2.94. The minimum absolute atomic E-state index is 0.00219. The number of Topliss-reactive ketones (excluding diaryl/α,β-unsaturated/α-hetero) is 1. The van der Waals surface area contributed by atoms with Crippen LogP contribution in [0.15, 0.2) is 54.6 Å². The minimum atomic E-state index is -0.973. The highest BCUT2D eigenvalue weighted by Crippen LogP contribution is 2.34. The van der Waals surface area contributed by atoms with Gasteiger partial charge < -0.3 is 10.1 Å². The van der Waals surface area contributed by atoms with Gasteiger partial charge in [-0.3, -0.25) is 14.5 Å². The Morgan fingerprint density at radius 1 is 1.08 bits per heavy atom. The molecule has 1 N–H and O–H groups in total. The summed E-state index contributed by atoms with van der Waals surface area (Å²) in [5, 5.41) is 3.45. The van der Waals surface area contributed by atoms with Gasteiger partial charge in [-0.2, -0.15) is 0 Å². The van der Waals surface area contributed by atoms with Gasteiger partial charge in [0.05, 0.1) is 23.3 Å². The molecule has 4 rings (SSSR count). The van der Waals surface area contributed by atoms with Crippen molar-refractivity contribution in [3.8, 4) is 11.3 Å². The molecule has 1 amide bonds. The monoisotopic (exact) mass is 509 g/mol. The molecule has 0 spiro atoms. The summed E-state index contributed by atoms with van der Waals surface area (Å²) >= 11 is 1.46. The molecule has 3 aromatic rings. The molecular formula is C28H32FN3O3S. The maximum Gasteiger partial charge on any atom is 0.232 e. The van der Waals surface area contributed by atoms with Crippen LogP contribution in [0.4, 0.5) is 9.52 Å². The second-order valence-electron chi connectivity index (χ2n) is 10.1. The summed E-state index contributed by atoms with van der Waals surface area (Å²) in [4.78, 5) is 34.1. The lowest BCUT2D eigenvalue weighted by Crippen LogP contribution is -2.44. The predicted octanol–water partition coefficient (Wildman–Crippen LogP) is 5.80. The molecule has 1 aliphatic rings. The lowest BCUT2D eigenvalue weighted by Gasteiger charge is -2.35. The van der Waals surface area contributed by atoms with E-state index in [1.54, 1.807) is 13.8 Å². The molecule has 190 valence electrons. The molecule has 8 heteroatoms. The van der Waals surface area contributed by atoms with Crippen molar-refractivity contribution >= 4 is 28.2 Å². The van der Waals surface area contributed by atoms with E-state index in [2.05, 4.69) is 24.1 Å². The van der Waals surface area contributed by atoms with Gasteiger partial charge in [-0.15, -0.1) is 0 Å². The minimum Gasteiger partial charge on any atom is -0.373 e. The van der Waals surface area contributed by atoms with Crippen molar-refractivity contribution in [3.63, 3.8) is 0 Å². The zero-order valence-corrected chi connectivity index (χ0v) is 21.9. The van der Waals surface area contributed by atoms with Crippen molar-refractivity contribution in [2.75, 3.05) is 18.4 Å². The Labute approximate surface area is 215 Å². The number of morpholine rings is 1. The van der Waals surface area contributed by atoms with Gasteiger partial charge in [0.25, 0.3) is 0 Å². The van der Waals surface area contributed by atoms with E-state index >= 15 is 0 Å². The van der Waals surface area contributed by atoms with Crippen molar-refractivity contribution in [1.29, 1.82) is 0 Å². The molecule has 2 aromatic carbocycles. The highest BCUT2D eigenvalue weighted by Gasteiger charge is 2.32. The summed E-state index contributed by atoms with van der Waals surface area (Å²) in [6, 6.07) is 15.3. The van der Waals surface area contributed by atoms with Crippen LogP contribution < -0.4 is 5.32 Å². The van der Waals surface area contributed by atoms with E-state index in [1.165, 1.54) is 35.6 Å². The fraction of sp³-hybridized carbons (Fsp3) is 0.393. The van der Waals surface area contributed by atoms with Crippen molar-refractivity contribution in [3.05, 3.63) is 70.9 Å². The topological polar surface area (TPSA) is 71.5 Å². The van der Waals surface area contributed by atoms with Crippen LogP contribution in [0.25, 0.3) is 11.3 Å². The Balaban J connectivity index is 1.52. The average molecular weight is 510 g/mol. The van der Waals surface area contributed by atoms with Crippen LogP contribution in [0, 0.1) is 11.2 Å². The van der Waals surface area contributed by atoms with E-state index in [9.17, 15) is 14.0 Å². The van der Waals surface area contributed by atoms with E-state index in [4.69, 9.17) is 9.72 Å². The Morgan fingerprint density at radius 2 is 1.72 bits per heavy atom. The number of nitrogens with one attached hydrogen (secondary N) is 1. The zero-order chi connectivity index (χ0) is 25.9. The third-order valence-corrected chi connectivity index (χ3v) is 7.17. The maximum absolute atomic E-state index is 13.2. The summed E-state index contributed by atoms with van der Waals surface area (Å²) < 4.78 is 19.1. The van der Waals surface area contributed by atoms with Crippen LogP contribution in [0.1, 0.15) is 49.4 Å². The number of hydrogen-bond acceptors (Lipinski definition) is 6. The number of carbonyl (C=O) groups excluding carboxylic acids is 2. The van der Waals surface area contributed by atoms with Gasteiger partial charge >= 0.3 is 0 Å². The number of hydrogen-bond donors (Lipinski definition) is 1. The third-order valence-electron chi connectivity index (χ3n) is 6.21. The number of thiazole rings is 1. The van der Waals surface area contributed by atoms with Crippen molar-refractivity contribution in [2.24, 2.45) is 5.41 Å². The van der Waals surface area contributed by atoms with Gasteiger partial charge in [-0.05, 0) is 38.1 Å². The number of halogens is 1. The smallest absolute Gasteiger partial charge is 0.232 e. The van der Waals surface area contributed by atoms with E-state index in [1.807, 2.05) is 30.3 Å². The summed E-state index contributed by atoms with van der Waals surface area (Å²) in [5.74, 6) is -0.902. The van der Waals surface area contributed by atoms with Gasteiger partial charge in [-0.1, -0.05) is 55.5 Å². The van der Waals surface area contributed by atoms with Crippen molar-refractivity contribution in [1.82, 2.24) is 9.88 Å². The number of amides is 1. The fourth-order valence-corrected chi connectivity index (χ4v) is 5.46. The predicted molar refractivity (Wildman–Crippen MR) is 141 cm³/mol. The first kappa shape index (κ1) is 26.1.